The van der Waals surface area contributed by atoms with Gasteiger partial charge >= 0.3 is 0 Å². The van der Waals surface area contributed by atoms with Crippen LogP contribution < -0.4 is 0 Å². The van der Waals surface area contributed by atoms with Crippen molar-refractivity contribution in [3.05, 3.63) is 74.8 Å². The quantitative estimate of drug-likeness (QED) is 0.583. The molecule has 0 spiro atoms. The second-order valence-electron chi connectivity index (χ2n) is 6.44. The smallest absolute Gasteiger partial charge is 0.269 e. The van der Waals surface area contributed by atoms with Crippen molar-refractivity contribution in [1.82, 2.24) is 4.90 Å². The molecule has 1 saturated heterocycles. The Hall–Kier alpha value is -1.91. The molecule has 0 bridgehead atoms. The van der Waals surface area contributed by atoms with E-state index in [-0.39, 0.29) is 10.6 Å². The minimum atomic E-state index is -0.369. The third-order valence-electron chi connectivity index (χ3n) is 4.71. The standard InChI is InChI=1S/C19H21ClN2O2/c20-19-7-6-18(22(23)24)13-17(19)14-21-10-8-16(9-11-21)12-15-4-2-1-3-5-15/h1-7,13,16H,8-12,14H2. The normalized spacial score (nSPS) is 16.2. The van der Waals surface area contributed by atoms with Gasteiger partial charge in [0.25, 0.3) is 5.69 Å². The lowest BCUT2D eigenvalue weighted by Gasteiger charge is -2.32. The molecule has 0 saturated carbocycles. The van der Waals surface area contributed by atoms with Crippen LogP contribution in [-0.2, 0) is 13.0 Å². The Morgan fingerprint density at radius 1 is 1.12 bits per heavy atom. The Morgan fingerprint density at radius 2 is 1.83 bits per heavy atom. The Balaban J connectivity index is 1.56. The molecule has 2 aromatic rings. The fourth-order valence-corrected chi connectivity index (χ4v) is 3.51. The molecule has 0 N–H and O–H groups in total. The molecule has 0 radical (unpaired) electrons. The first-order valence-corrected chi connectivity index (χ1v) is 8.68. The molecular formula is C19H21ClN2O2. The van der Waals surface area contributed by atoms with Gasteiger partial charge in [0.05, 0.1) is 4.92 Å². The maximum absolute atomic E-state index is 10.9. The fourth-order valence-electron chi connectivity index (χ4n) is 3.33. The summed E-state index contributed by atoms with van der Waals surface area (Å²) in [5.74, 6) is 0.712. The van der Waals surface area contributed by atoms with Crippen LogP contribution in [0.1, 0.15) is 24.0 Å². The van der Waals surface area contributed by atoms with Crippen molar-refractivity contribution >= 4 is 17.3 Å². The molecule has 0 aromatic heterocycles. The van der Waals surface area contributed by atoms with E-state index in [9.17, 15) is 10.1 Å². The average molecular weight is 345 g/mol. The molecule has 1 heterocycles. The van der Waals surface area contributed by atoms with Crippen molar-refractivity contribution in [3.63, 3.8) is 0 Å². The van der Waals surface area contributed by atoms with E-state index in [2.05, 4.69) is 35.2 Å². The molecular weight excluding hydrogens is 324 g/mol. The number of halogens is 1. The molecule has 0 atom stereocenters. The van der Waals surface area contributed by atoms with Crippen LogP contribution in [-0.4, -0.2) is 22.9 Å². The van der Waals surface area contributed by atoms with Crippen LogP contribution in [0.5, 0.6) is 0 Å². The summed E-state index contributed by atoms with van der Waals surface area (Å²) in [4.78, 5) is 12.9. The average Bonchev–Trinajstić information content (AvgIpc) is 2.59. The van der Waals surface area contributed by atoms with E-state index >= 15 is 0 Å². The van der Waals surface area contributed by atoms with Gasteiger partial charge in [-0.2, -0.15) is 0 Å². The van der Waals surface area contributed by atoms with Gasteiger partial charge in [0.2, 0.25) is 0 Å². The third-order valence-corrected chi connectivity index (χ3v) is 5.08. The molecule has 5 heteroatoms. The van der Waals surface area contributed by atoms with E-state index in [1.807, 2.05) is 0 Å². The highest BCUT2D eigenvalue weighted by molar-refractivity contribution is 6.31. The number of benzene rings is 2. The van der Waals surface area contributed by atoms with E-state index in [1.165, 1.54) is 11.6 Å². The van der Waals surface area contributed by atoms with Crippen molar-refractivity contribution in [2.75, 3.05) is 13.1 Å². The fraction of sp³-hybridized carbons (Fsp3) is 0.368. The Kier molecular flexibility index (Phi) is 5.48. The lowest BCUT2D eigenvalue weighted by molar-refractivity contribution is -0.384. The summed E-state index contributed by atoms with van der Waals surface area (Å²) in [6.07, 6.45) is 3.44. The van der Waals surface area contributed by atoms with Crippen molar-refractivity contribution in [2.45, 2.75) is 25.8 Å². The van der Waals surface area contributed by atoms with Gasteiger partial charge in [-0.05, 0) is 55.5 Å². The molecule has 1 aliphatic rings. The zero-order chi connectivity index (χ0) is 16.9. The minimum absolute atomic E-state index is 0.105. The first-order valence-electron chi connectivity index (χ1n) is 8.31. The number of hydrogen-bond acceptors (Lipinski definition) is 3. The maximum atomic E-state index is 10.9. The summed E-state index contributed by atoms with van der Waals surface area (Å²) in [6, 6.07) is 15.3. The molecule has 126 valence electrons. The Labute approximate surface area is 147 Å². The van der Waals surface area contributed by atoms with Gasteiger partial charge < -0.3 is 0 Å². The minimum Gasteiger partial charge on any atom is -0.299 e. The molecule has 0 aliphatic carbocycles. The summed E-state index contributed by atoms with van der Waals surface area (Å²) in [5, 5.41) is 11.5. The highest BCUT2D eigenvalue weighted by Gasteiger charge is 2.21. The van der Waals surface area contributed by atoms with Crippen LogP contribution >= 0.6 is 11.6 Å². The van der Waals surface area contributed by atoms with Gasteiger partial charge in [0, 0.05) is 23.7 Å². The Bertz CT molecular complexity index is 698. The van der Waals surface area contributed by atoms with Gasteiger partial charge in [-0.15, -0.1) is 0 Å². The molecule has 1 fully saturated rings. The van der Waals surface area contributed by atoms with Crippen LogP contribution in [0.25, 0.3) is 0 Å². The van der Waals surface area contributed by atoms with Gasteiger partial charge in [0.1, 0.15) is 0 Å². The van der Waals surface area contributed by atoms with E-state index in [0.29, 0.717) is 17.5 Å². The summed E-state index contributed by atoms with van der Waals surface area (Å²) in [7, 11) is 0. The molecule has 0 amide bonds. The molecule has 1 aliphatic heterocycles. The molecule has 4 nitrogen and oxygen atoms in total. The van der Waals surface area contributed by atoms with E-state index in [4.69, 9.17) is 11.6 Å². The summed E-state index contributed by atoms with van der Waals surface area (Å²) in [6.45, 7) is 2.70. The van der Waals surface area contributed by atoms with Crippen molar-refractivity contribution in [1.29, 1.82) is 0 Å². The van der Waals surface area contributed by atoms with E-state index in [0.717, 1.165) is 37.9 Å². The molecule has 2 aromatic carbocycles. The number of piperidine rings is 1. The first-order chi connectivity index (χ1) is 11.6. The summed E-state index contributed by atoms with van der Waals surface area (Å²) >= 11 is 6.21. The van der Waals surface area contributed by atoms with Gasteiger partial charge in [-0.1, -0.05) is 41.9 Å². The van der Waals surface area contributed by atoms with Gasteiger partial charge in [-0.25, -0.2) is 0 Å². The maximum Gasteiger partial charge on any atom is 0.269 e. The SMILES string of the molecule is O=[N+]([O-])c1ccc(Cl)c(CN2CCC(Cc3ccccc3)CC2)c1. The second-order valence-corrected chi connectivity index (χ2v) is 6.85. The lowest BCUT2D eigenvalue weighted by Crippen LogP contribution is -2.33. The number of nitro benzene ring substituents is 1. The van der Waals surface area contributed by atoms with Crippen molar-refractivity contribution in [3.8, 4) is 0 Å². The van der Waals surface area contributed by atoms with Gasteiger partial charge in [-0.3, -0.25) is 15.0 Å². The van der Waals surface area contributed by atoms with Crippen LogP contribution in [0, 0.1) is 16.0 Å². The van der Waals surface area contributed by atoms with Crippen molar-refractivity contribution in [2.24, 2.45) is 5.92 Å². The second kappa shape index (κ2) is 7.77. The predicted octanol–water partition coefficient (Wildman–Crippen LogP) is 4.70. The predicted molar refractivity (Wildman–Crippen MR) is 96.3 cm³/mol. The number of non-ortho nitro benzene ring substituents is 1. The molecule has 3 rings (SSSR count). The highest BCUT2D eigenvalue weighted by Crippen LogP contribution is 2.27. The molecule has 0 unspecified atom stereocenters. The number of rotatable bonds is 5. The van der Waals surface area contributed by atoms with Crippen LogP contribution in [0.2, 0.25) is 5.02 Å². The zero-order valence-electron chi connectivity index (χ0n) is 13.5. The lowest BCUT2D eigenvalue weighted by atomic mass is 9.90. The summed E-state index contributed by atoms with van der Waals surface area (Å²) < 4.78 is 0. The topological polar surface area (TPSA) is 46.4 Å². The first kappa shape index (κ1) is 16.9. The summed E-state index contributed by atoms with van der Waals surface area (Å²) in [5.41, 5.74) is 2.35. The highest BCUT2D eigenvalue weighted by atomic mass is 35.5. The Morgan fingerprint density at radius 3 is 2.50 bits per heavy atom. The monoisotopic (exact) mass is 344 g/mol. The van der Waals surface area contributed by atoms with Crippen LogP contribution in [0.15, 0.2) is 48.5 Å². The van der Waals surface area contributed by atoms with E-state index in [1.54, 1.807) is 12.1 Å². The number of hydrogen-bond donors (Lipinski definition) is 0. The largest absolute Gasteiger partial charge is 0.299 e. The number of nitrogens with zero attached hydrogens (tertiary/aromatic N) is 2. The molecule has 24 heavy (non-hydrogen) atoms. The zero-order valence-corrected chi connectivity index (χ0v) is 14.3. The number of likely N-dealkylation sites (tertiary alicyclic amines) is 1. The van der Waals surface area contributed by atoms with Crippen LogP contribution in [0.3, 0.4) is 0 Å². The van der Waals surface area contributed by atoms with Gasteiger partial charge in [0.15, 0.2) is 0 Å². The number of nitro groups is 1. The van der Waals surface area contributed by atoms with Crippen molar-refractivity contribution < 1.29 is 4.92 Å². The van der Waals surface area contributed by atoms with E-state index < -0.39 is 0 Å². The third kappa shape index (κ3) is 4.34. The van der Waals surface area contributed by atoms with Crippen LogP contribution in [0.4, 0.5) is 5.69 Å².